The minimum Gasteiger partial charge on any atom is -0.496 e. The summed E-state index contributed by atoms with van der Waals surface area (Å²) in [4.78, 5) is 12.4. The van der Waals surface area contributed by atoms with Gasteiger partial charge in [-0.2, -0.15) is 0 Å². The summed E-state index contributed by atoms with van der Waals surface area (Å²) < 4.78 is 16.1. The van der Waals surface area contributed by atoms with Crippen molar-refractivity contribution in [3.63, 3.8) is 0 Å². The summed E-state index contributed by atoms with van der Waals surface area (Å²) in [6, 6.07) is 8.88. The summed E-state index contributed by atoms with van der Waals surface area (Å²) in [7, 11) is 4.76. The number of benzene rings is 2. The summed E-state index contributed by atoms with van der Waals surface area (Å²) in [5.74, 6) is 1.81. The van der Waals surface area contributed by atoms with Crippen molar-refractivity contribution in [2.75, 3.05) is 33.6 Å². The Bertz CT molecular complexity index is 734. The number of carbonyl (C=O) groups is 1. The van der Waals surface area contributed by atoms with Gasteiger partial charge in [0.25, 0.3) is 5.91 Å². The number of amides is 1. The molecule has 0 atom stereocenters. The van der Waals surface area contributed by atoms with Crippen LogP contribution in [0.1, 0.15) is 21.5 Å². The first-order chi connectivity index (χ1) is 12.0. The maximum absolute atomic E-state index is 12.4. The van der Waals surface area contributed by atoms with Crippen molar-refractivity contribution in [1.82, 2.24) is 5.32 Å². The molecule has 3 N–H and O–H groups in total. The molecule has 25 heavy (non-hydrogen) atoms. The summed E-state index contributed by atoms with van der Waals surface area (Å²) >= 11 is 0. The SMILES string of the molecule is COc1cc(OC)c(CCNC(=O)c2cc(N)ccc2C)c(OC)c1. The first kappa shape index (κ1) is 18.4. The topological polar surface area (TPSA) is 82.8 Å². The zero-order valence-electron chi connectivity index (χ0n) is 15.0. The van der Waals surface area contributed by atoms with Crippen LogP contribution in [0, 0.1) is 6.92 Å². The van der Waals surface area contributed by atoms with Gasteiger partial charge in [0.2, 0.25) is 0 Å². The van der Waals surface area contributed by atoms with Gasteiger partial charge in [-0.25, -0.2) is 0 Å². The highest BCUT2D eigenvalue weighted by molar-refractivity contribution is 5.96. The van der Waals surface area contributed by atoms with E-state index in [1.165, 1.54) is 0 Å². The van der Waals surface area contributed by atoms with E-state index in [-0.39, 0.29) is 5.91 Å². The van der Waals surface area contributed by atoms with Gasteiger partial charge >= 0.3 is 0 Å². The van der Waals surface area contributed by atoms with Gasteiger partial charge in [0, 0.05) is 35.5 Å². The fourth-order valence-corrected chi connectivity index (χ4v) is 2.60. The number of anilines is 1. The van der Waals surface area contributed by atoms with Crippen LogP contribution >= 0.6 is 0 Å². The van der Waals surface area contributed by atoms with E-state index in [0.29, 0.717) is 41.5 Å². The van der Waals surface area contributed by atoms with Crippen LogP contribution < -0.4 is 25.3 Å². The number of nitrogen functional groups attached to an aromatic ring is 1. The average Bonchev–Trinajstić information content (AvgIpc) is 2.63. The molecule has 0 saturated carbocycles. The van der Waals surface area contributed by atoms with Gasteiger partial charge in [-0.1, -0.05) is 6.07 Å². The van der Waals surface area contributed by atoms with E-state index in [2.05, 4.69) is 5.32 Å². The standard InChI is InChI=1S/C19H24N2O4/c1-12-5-6-13(20)9-16(12)19(22)21-8-7-15-17(24-3)10-14(23-2)11-18(15)25-4/h5-6,9-11H,7-8,20H2,1-4H3,(H,21,22). The second kappa shape index (κ2) is 8.28. The molecule has 0 radical (unpaired) electrons. The maximum Gasteiger partial charge on any atom is 0.251 e. The first-order valence-electron chi connectivity index (χ1n) is 7.93. The molecular weight excluding hydrogens is 320 g/mol. The molecule has 0 saturated heterocycles. The van der Waals surface area contributed by atoms with Gasteiger partial charge < -0.3 is 25.3 Å². The van der Waals surface area contributed by atoms with E-state index in [9.17, 15) is 4.79 Å². The number of rotatable bonds is 7. The molecule has 6 nitrogen and oxygen atoms in total. The zero-order chi connectivity index (χ0) is 18.4. The predicted molar refractivity (Wildman–Crippen MR) is 97.7 cm³/mol. The fourth-order valence-electron chi connectivity index (χ4n) is 2.60. The number of hydrogen-bond acceptors (Lipinski definition) is 5. The minimum atomic E-state index is -0.156. The lowest BCUT2D eigenvalue weighted by molar-refractivity contribution is 0.0953. The lowest BCUT2D eigenvalue weighted by Gasteiger charge is -2.15. The third-order valence-corrected chi connectivity index (χ3v) is 3.98. The van der Waals surface area contributed by atoms with Gasteiger partial charge in [0.15, 0.2) is 0 Å². The van der Waals surface area contributed by atoms with E-state index in [4.69, 9.17) is 19.9 Å². The van der Waals surface area contributed by atoms with Gasteiger partial charge in [-0.3, -0.25) is 4.79 Å². The normalized spacial score (nSPS) is 10.2. The van der Waals surface area contributed by atoms with Gasteiger partial charge in [-0.05, 0) is 31.0 Å². The third-order valence-electron chi connectivity index (χ3n) is 3.98. The monoisotopic (exact) mass is 344 g/mol. The predicted octanol–water partition coefficient (Wildman–Crippen LogP) is 2.58. The van der Waals surface area contributed by atoms with Crippen molar-refractivity contribution >= 4 is 11.6 Å². The Labute approximate surface area is 147 Å². The molecule has 0 aliphatic carbocycles. The largest absolute Gasteiger partial charge is 0.496 e. The first-order valence-corrected chi connectivity index (χ1v) is 7.93. The Hall–Kier alpha value is -2.89. The van der Waals surface area contributed by atoms with E-state index in [1.807, 2.05) is 13.0 Å². The molecule has 2 aromatic rings. The van der Waals surface area contributed by atoms with E-state index < -0.39 is 0 Å². The number of methoxy groups -OCH3 is 3. The Morgan fingerprint density at radius 2 is 1.68 bits per heavy atom. The number of nitrogens with two attached hydrogens (primary N) is 1. The van der Waals surface area contributed by atoms with Gasteiger partial charge in [0.05, 0.1) is 21.3 Å². The molecule has 0 fully saturated rings. The van der Waals surface area contributed by atoms with E-state index >= 15 is 0 Å². The van der Waals surface area contributed by atoms with Crippen LogP contribution in [0.5, 0.6) is 17.2 Å². The van der Waals surface area contributed by atoms with Crippen molar-refractivity contribution in [1.29, 1.82) is 0 Å². The molecule has 0 spiro atoms. The molecule has 134 valence electrons. The highest BCUT2D eigenvalue weighted by Crippen LogP contribution is 2.34. The second-order valence-electron chi connectivity index (χ2n) is 5.59. The molecule has 0 aliphatic heterocycles. The summed E-state index contributed by atoms with van der Waals surface area (Å²) in [6.45, 7) is 2.32. The quantitative estimate of drug-likeness (QED) is 0.754. The molecule has 1 amide bonds. The third kappa shape index (κ3) is 4.35. The highest BCUT2D eigenvalue weighted by atomic mass is 16.5. The van der Waals surface area contributed by atoms with E-state index in [0.717, 1.165) is 11.1 Å². The average molecular weight is 344 g/mol. The van der Waals surface area contributed by atoms with E-state index in [1.54, 1.807) is 45.6 Å². The second-order valence-corrected chi connectivity index (χ2v) is 5.59. The lowest BCUT2D eigenvalue weighted by atomic mass is 10.1. The molecule has 2 aromatic carbocycles. The summed E-state index contributed by atoms with van der Waals surface area (Å²) in [5.41, 5.74) is 8.66. The smallest absolute Gasteiger partial charge is 0.251 e. The number of nitrogens with one attached hydrogen (secondary N) is 1. The molecular formula is C19H24N2O4. The molecule has 0 bridgehead atoms. The van der Waals surface area contributed by atoms with Crippen molar-refractivity contribution in [3.8, 4) is 17.2 Å². The number of hydrogen-bond donors (Lipinski definition) is 2. The van der Waals surface area contributed by atoms with Crippen LogP contribution in [0.15, 0.2) is 30.3 Å². The van der Waals surface area contributed by atoms with Crippen LogP contribution in [0.25, 0.3) is 0 Å². The van der Waals surface area contributed by atoms with Gasteiger partial charge in [0.1, 0.15) is 17.2 Å². The Balaban J connectivity index is 2.11. The molecule has 0 aliphatic rings. The van der Waals surface area contributed by atoms with Crippen molar-refractivity contribution in [3.05, 3.63) is 47.0 Å². The lowest BCUT2D eigenvalue weighted by Crippen LogP contribution is -2.26. The van der Waals surface area contributed by atoms with Crippen molar-refractivity contribution < 1.29 is 19.0 Å². The molecule has 2 rings (SSSR count). The Morgan fingerprint density at radius 1 is 1.04 bits per heavy atom. The minimum absolute atomic E-state index is 0.156. The highest BCUT2D eigenvalue weighted by Gasteiger charge is 2.14. The molecule has 0 heterocycles. The van der Waals surface area contributed by atoms with Gasteiger partial charge in [-0.15, -0.1) is 0 Å². The Morgan fingerprint density at radius 3 is 2.24 bits per heavy atom. The van der Waals surface area contributed by atoms with Crippen LogP contribution in [0.3, 0.4) is 0 Å². The molecule has 6 heteroatoms. The molecule has 0 aromatic heterocycles. The summed E-state index contributed by atoms with van der Waals surface area (Å²) in [6.07, 6.45) is 0.559. The van der Waals surface area contributed by atoms with Crippen LogP contribution in [0.2, 0.25) is 0 Å². The number of ether oxygens (including phenoxy) is 3. The number of carbonyl (C=O) groups excluding carboxylic acids is 1. The number of aryl methyl sites for hydroxylation is 1. The molecule has 0 unspecified atom stereocenters. The Kier molecular flexibility index (Phi) is 6.11. The summed E-state index contributed by atoms with van der Waals surface area (Å²) in [5, 5.41) is 2.91. The zero-order valence-corrected chi connectivity index (χ0v) is 15.0. The van der Waals surface area contributed by atoms with Crippen molar-refractivity contribution in [2.24, 2.45) is 0 Å². The maximum atomic E-state index is 12.4. The van der Waals surface area contributed by atoms with Crippen LogP contribution in [0.4, 0.5) is 5.69 Å². The fraction of sp³-hybridized carbons (Fsp3) is 0.316. The van der Waals surface area contributed by atoms with Crippen LogP contribution in [-0.4, -0.2) is 33.8 Å². The van der Waals surface area contributed by atoms with Crippen LogP contribution in [-0.2, 0) is 6.42 Å². The van der Waals surface area contributed by atoms with Crippen molar-refractivity contribution in [2.45, 2.75) is 13.3 Å².